The van der Waals surface area contributed by atoms with Crippen molar-refractivity contribution in [3.05, 3.63) is 0 Å². The summed E-state index contributed by atoms with van der Waals surface area (Å²) in [6.45, 7) is 0. The van der Waals surface area contributed by atoms with Crippen LogP contribution in [-0.2, 0) is 9.59 Å². The molecule has 0 aliphatic heterocycles. The molecule has 0 radical (unpaired) electrons. The number of carboxylic acid groups (broad SMARTS) is 2. The first-order chi connectivity index (χ1) is 5.04. The molecule has 0 atom stereocenters. The number of nitrogens with one attached hydrogen (secondary N) is 1. The van der Waals surface area contributed by atoms with Gasteiger partial charge in [0.2, 0.25) is 0 Å². The van der Waals surface area contributed by atoms with Gasteiger partial charge >= 0.3 is 11.9 Å². The summed E-state index contributed by atoms with van der Waals surface area (Å²) in [5, 5.41) is 23.1. The van der Waals surface area contributed by atoms with Gasteiger partial charge in [0.05, 0.1) is 0 Å². The minimum absolute atomic E-state index is 0.0155. The van der Waals surface area contributed by atoms with E-state index in [2.05, 4.69) is 0 Å². The third kappa shape index (κ3) is 5.07. The van der Waals surface area contributed by atoms with E-state index in [4.69, 9.17) is 15.6 Å². The molecule has 0 rings (SSSR count). The summed E-state index contributed by atoms with van der Waals surface area (Å²) in [5.74, 6) is -2.25. The second-order valence-corrected chi connectivity index (χ2v) is 2.03. The van der Waals surface area contributed by atoms with E-state index in [0.29, 0.717) is 0 Å². The smallest absolute Gasteiger partial charge is 0.349 e. The van der Waals surface area contributed by atoms with E-state index in [-0.39, 0.29) is 19.3 Å². The fourth-order valence-corrected chi connectivity index (χ4v) is 0.523. The Labute approximate surface area is 63.2 Å². The van der Waals surface area contributed by atoms with Gasteiger partial charge in [-0.1, -0.05) is 0 Å². The lowest BCUT2D eigenvalue weighted by Crippen LogP contribution is -2.11. The van der Waals surface area contributed by atoms with E-state index in [0.717, 1.165) is 0 Å². The van der Waals surface area contributed by atoms with E-state index >= 15 is 0 Å². The summed E-state index contributed by atoms with van der Waals surface area (Å²) < 4.78 is 0. The van der Waals surface area contributed by atoms with Crippen LogP contribution in [-0.4, -0.2) is 27.9 Å². The second-order valence-electron chi connectivity index (χ2n) is 2.03. The molecule has 0 aromatic rings. The topological polar surface area (TPSA) is 98.5 Å². The molecule has 0 heterocycles. The number of carboxylic acids is 2. The van der Waals surface area contributed by atoms with E-state index in [1.807, 2.05) is 0 Å². The van der Waals surface area contributed by atoms with Gasteiger partial charge in [-0.25, -0.2) is 4.79 Å². The predicted molar refractivity (Wildman–Crippen MR) is 36.8 cm³/mol. The van der Waals surface area contributed by atoms with Crippen LogP contribution in [0.15, 0.2) is 0 Å². The summed E-state index contributed by atoms with van der Waals surface area (Å²) in [7, 11) is 0. The summed E-state index contributed by atoms with van der Waals surface area (Å²) >= 11 is 0. The van der Waals surface area contributed by atoms with Gasteiger partial charge in [-0.3, -0.25) is 10.2 Å². The first-order valence-corrected chi connectivity index (χ1v) is 3.06. The lowest BCUT2D eigenvalue weighted by Gasteiger charge is -1.94. The first-order valence-electron chi connectivity index (χ1n) is 3.06. The molecule has 0 fully saturated rings. The third-order valence-corrected chi connectivity index (χ3v) is 1.08. The molecular formula is C6H9NO4. The zero-order valence-electron chi connectivity index (χ0n) is 5.83. The van der Waals surface area contributed by atoms with Crippen LogP contribution in [0, 0.1) is 5.41 Å². The normalized spacial score (nSPS) is 9.09. The molecule has 0 amide bonds. The summed E-state index contributed by atoms with van der Waals surface area (Å²) in [6.07, 6.45) is 0.137. The number of rotatable bonds is 5. The predicted octanol–water partition coefficient (Wildman–Crippen LogP) is 0.346. The van der Waals surface area contributed by atoms with Crippen LogP contribution in [0.1, 0.15) is 19.3 Å². The molecular weight excluding hydrogens is 150 g/mol. The lowest BCUT2D eigenvalue weighted by atomic mass is 10.2. The highest BCUT2D eigenvalue weighted by atomic mass is 16.4. The Morgan fingerprint density at radius 1 is 1.18 bits per heavy atom. The van der Waals surface area contributed by atoms with E-state index < -0.39 is 17.7 Å². The first kappa shape index (κ1) is 9.61. The van der Waals surface area contributed by atoms with Gasteiger partial charge < -0.3 is 10.2 Å². The van der Waals surface area contributed by atoms with Gasteiger partial charge in [-0.2, -0.15) is 0 Å². The van der Waals surface area contributed by atoms with Gasteiger partial charge in [0, 0.05) is 6.42 Å². The molecule has 0 aromatic carbocycles. The van der Waals surface area contributed by atoms with Crippen molar-refractivity contribution in [3.8, 4) is 0 Å². The molecule has 0 saturated heterocycles. The van der Waals surface area contributed by atoms with Crippen molar-refractivity contribution in [1.29, 1.82) is 5.41 Å². The van der Waals surface area contributed by atoms with Crippen LogP contribution in [0.2, 0.25) is 0 Å². The Bertz CT molecular complexity index is 187. The monoisotopic (exact) mass is 159 g/mol. The Hall–Kier alpha value is -1.39. The minimum atomic E-state index is -1.28. The maximum Gasteiger partial charge on any atom is 0.349 e. The molecule has 62 valence electrons. The molecule has 3 N–H and O–H groups in total. The maximum atomic E-state index is 10.0. The highest BCUT2D eigenvalue weighted by molar-refractivity contribution is 6.34. The van der Waals surface area contributed by atoms with Gasteiger partial charge in [-0.05, 0) is 12.8 Å². The van der Waals surface area contributed by atoms with Crippen LogP contribution >= 0.6 is 0 Å². The van der Waals surface area contributed by atoms with E-state index in [1.165, 1.54) is 0 Å². The highest BCUT2D eigenvalue weighted by Crippen LogP contribution is 1.96. The molecule has 5 nitrogen and oxygen atoms in total. The van der Waals surface area contributed by atoms with Crippen molar-refractivity contribution in [2.24, 2.45) is 0 Å². The fourth-order valence-electron chi connectivity index (χ4n) is 0.523. The molecule has 11 heavy (non-hydrogen) atoms. The average molecular weight is 159 g/mol. The molecule has 0 unspecified atom stereocenters. The molecule has 0 aliphatic carbocycles. The van der Waals surface area contributed by atoms with E-state index in [1.54, 1.807) is 0 Å². The summed E-state index contributed by atoms with van der Waals surface area (Å²) in [6, 6.07) is 0. The Kier molecular flexibility index (Phi) is 3.87. The highest BCUT2D eigenvalue weighted by Gasteiger charge is 2.06. The molecule has 0 saturated carbocycles. The number of hydrogen-bond donors (Lipinski definition) is 3. The van der Waals surface area contributed by atoms with Crippen molar-refractivity contribution >= 4 is 17.7 Å². The molecule has 0 spiro atoms. The van der Waals surface area contributed by atoms with Crippen molar-refractivity contribution in [1.82, 2.24) is 0 Å². The van der Waals surface area contributed by atoms with Gasteiger partial charge in [0.1, 0.15) is 5.71 Å². The minimum Gasteiger partial charge on any atom is -0.481 e. The molecule has 0 aliphatic rings. The average Bonchev–Trinajstić information content (AvgIpc) is 1.86. The lowest BCUT2D eigenvalue weighted by molar-refractivity contribution is -0.137. The van der Waals surface area contributed by atoms with Gasteiger partial charge in [0.25, 0.3) is 0 Å². The summed E-state index contributed by atoms with van der Waals surface area (Å²) in [5.41, 5.74) is -0.439. The van der Waals surface area contributed by atoms with Gasteiger partial charge in [0.15, 0.2) is 0 Å². The standard InChI is InChI=1S/C6H9NO4/c7-4(6(10)11)2-1-3-5(8)9/h7H,1-3H2,(H,8,9)(H,10,11). The SMILES string of the molecule is N=C(CCCC(=O)O)C(=O)O. The fraction of sp³-hybridized carbons (Fsp3) is 0.500. The van der Waals surface area contributed by atoms with Crippen LogP contribution in [0.5, 0.6) is 0 Å². The molecule has 5 heteroatoms. The van der Waals surface area contributed by atoms with Gasteiger partial charge in [-0.15, -0.1) is 0 Å². The molecule has 0 aromatic heterocycles. The zero-order valence-corrected chi connectivity index (χ0v) is 5.83. The second kappa shape index (κ2) is 4.43. The van der Waals surface area contributed by atoms with Crippen LogP contribution in [0.25, 0.3) is 0 Å². The number of aliphatic carboxylic acids is 2. The van der Waals surface area contributed by atoms with Crippen molar-refractivity contribution in [2.75, 3.05) is 0 Å². The zero-order chi connectivity index (χ0) is 8.85. The van der Waals surface area contributed by atoms with Crippen molar-refractivity contribution in [2.45, 2.75) is 19.3 Å². The Balaban J connectivity index is 3.47. The van der Waals surface area contributed by atoms with Crippen molar-refractivity contribution < 1.29 is 19.8 Å². The van der Waals surface area contributed by atoms with Crippen LogP contribution < -0.4 is 0 Å². The van der Waals surface area contributed by atoms with Crippen molar-refractivity contribution in [3.63, 3.8) is 0 Å². The third-order valence-electron chi connectivity index (χ3n) is 1.08. The van der Waals surface area contributed by atoms with Crippen LogP contribution in [0.4, 0.5) is 0 Å². The maximum absolute atomic E-state index is 10.0. The van der Waals surface area contributed by atoms with Crippen LogP contribution in [0.3, 0.4) is 0 Å². The Morgan fingerprint density at radius 3 is 2.09 bits per heavy atom. The number of hydrogen-bond acceptors (Lipinski definition) is 3. The molecule has 0 bridgehead atoms. The quantitative estimate of drug-likeness (QED) is 0.504. The van der Waals surface area contributed by atoms with E-state index in [9.17, 15) is 9.59 Å². The largest absolute Gasteiger partial charge is 0.481 e. The number of carbonyl (C=O) groups is 2. The summed E-state index contributed by atoms with van der Waals surface area (Å²) in [4.78, 5) is 19.9. The Morgan fingerprint density at radius 2 is 1.73 bits per heavy atom.